The van der Waals surface area contributed by atoms with Gasteiger partial charge in [0.2, 0.25) is 0 Å². The molecule has 1 N–H and O–H groups in total. The molecule has 1 amide bonds. The summed E-state index contributed by atoms with van der Waals surface area (Å²) in [5, 5.41) is 12.1. The van der Waals surface area contributed by atoms with Crippen LogP contribution in [0.3, 0.4) is 0 Å². The van der Waals surface area contributed by atoms with E-state index in [9.17, 15) is 22.8 Å². The molecule has 1 aliphatic heterocycles. The zero-order valence-electron chi connectivity index (χ0n) is 20.0. The first kappa shape index (κ1) is 25.9. The number of alkyl halides is 3. The summed E-state index contributed by atoms with van der Waals surface area (Å²) in [5.41, 5.74) is 2.18. The Labute approximate surface area is 212 Å². The average molecular weight is 508 g/mol. The number of rotatable bonds is 6. The van der Waals surface area contributed by atoms with Crippen molar-refractivity contribution < 1.29 is 27.5 Å². The van der Waals surface area contributed by atoms with E-state index in [2.05, 4.69) is 16.3 Å². The van der Waals surface area contributed by atoms with Crippen molar-refractivity contribution in [3.8, 4) is 6.07 Å². The maximum atomic E-state index is 12.8. The molecule has 3 aromatic carbocycles. The van der Waals surface area contributed by atoms with Crippen LogP contribution in [-0.2, 0) is 10.9 Å². The van der Waals surface area contributed by atoms with Crippen LogP contribution in [0.1, 0.15) is 55.4 Å². The van der Waals surface area contributed by atoms with Gasteiger partial charge in [0.05, 0.1) is 35.9 Å². The molecule has 0 bridgehead atoms. The largest absolute Gasteiger partial charge is 0.465 e. The Morgan fingerprint density at radius 1 is 0.973 bits per heavy atom. The van der Waals surface area contributed by atoms with Gasteiger partial charge in [0.1, 0.15) is 0 Å². The third-order valence-corrected chi connectivity index (χ3v) is 6.40. The summed E-state index contributed by atoms with van der Waals surface area (Å²) < 4.78 is 43.3. The molecule has 190 valence electrons. The number of hydrogen-bond acceptors (Lipinski definition) is 5. The minimum Gasteiger partial charge on any atom is -0.465 e. The highest BCUT2D eigenvalue weighted by atomic mass is 19.4. The van der Waals surface area contributed by atoms with Crippen LogP contribution in [0.5, 0.6) is 0 Å². The van der Waals surface area contributed by atoms with Gasteiger partial charge in [-0.25, -0.2) is 4.79 Å². The summed E-state index contributed by atoms with van der Waals surface area (Å²) in [6, 6.07) is 20.2. The van der Waals surface area contributed by atoms with Gasteiger partial charge in [-0.15, -0.1) is 0 Å². The Hall–Kier alpha value is -4.16. The van der Waals surface area contributed by atoms with Gasteiger partial charge in [0, 0.05) is 24.7 Å². The van der Waals surface area contributed by atoms with Gasteiger partial charge in [-0.1, -0.05) is 24.3 Å². The molecular formula is C28H24F3N3O3. The van der Waals surface area contributed by atoms with E-state index in [1.54, 1.807) is 24.3 Å². The lowest BCUT2D eigenvalue weighted by atomic mass is 9.95. The van der Waals surface area contributed by atoms with Gasteiger partial charge in [-0.05, 0) is 66.1 Å². The van der Waals surface area contributed by atoms with Crippen LogP contribution in [0.25, 0.3) is 0 Å². The second-order valence-corrected chi connectivity index (χ2v) is 8.78. The second kappa shape index (κ2) is 10.8. The van der Waals surface area contributed by atoms with E-state index >= 15 is 0 Å². The number of methoxy groups -OCH3 is 1. The number of carbonyl (C=O) groups is 2. The smallest absolute Gasteiger partial charge is 0.416 e. The Balaban J connectivity index is 1.52. The first-order valence-electron chi connectivity index (χ1n) is 11.6. The molecular weight excluding hydrogens is 483 g/mol. The zero-order chi connectivity index (χ0) is 26.6. The zero-order valence-corrected chi connectivity index (χ0v) is 20.0. The lowest BCUT2D eigenvalue weighted by Gasteiger charge is -2.29. The predicted octanol–water partition coefficient (Wildman–Crippen LogP) is 4.96. The number of hydrogen-bond donors (Lipinski definition) is 1. The molecule has 2 unspecified atom stereocenters. The molecule has 0 aliphatic carbocycles. The highest BCUT2D eigenvalue weighted by Crippen LogP contribution is 2.33. The molecule has 37 heavy (non-hydrogen) atoms. The number of ether oxygens (including phenoxy) is 1. The number of nitrogens with one attached hydrogen (secondary N) is 1. The summed E-state index contributed by atoms with van der Waals surface area (Å²) in [7, 11) is 1.32. The molecule has 0 radical (unpaired) electrons. The minimum atomic E-state index is -4.46. The third-order valence-electron chi connectivity index (χ3n) is 6.40. The fourth-order valence-corrected chi connectivity index (χ4v) is 4.49. The number of carbonyl (C=O) groups excluding carboxylic acids is 2. The maximum absolute atomic E-state index is 12.8. The first-order chi connectivity index (χ1) is 17.7. The van der Waals surface area contributed by atoms with Crippen molar-refractivity contribution in [1.82, 2.24) is 10.2 Å². The van der Waals surface area contributed by atoms with Crippen LogP contribution in [0.4, 0.5) is 13.2 Å². The van der Waals surface area contributed by atoms with Crippen LogP contribution in [0.15, 0.2) is 72.8 Å². The number of nitrogens with zero attached hydrogens (tertiary/aromatic N) is 2. The Morgan fingerprint density at radius 3 is 2.08 bits per heavy atom. The molecule has 6 nitrogen and oxygen atoms in total. The second-order valence-electron chi connectivity index (χ2n) is 8.78. The van der Waals surface area contributed by atoms with Gasteiger partial charge in [0.15, 0.2) is 0 Å². The fraction of sp³-hybridized carbons (Fsp3) is 0.250. The molecule has 0 saturated carbocycles. The topological polar surface area (TPSA) is 82.4 Å². The quantitative estimate of drug-likeness (QED) is 0.477. The highest BCUT2D eigenvalue weighted by molar-refractivity contribution is 5.94. The van der Waals surface area contributed by atoms with Crippen LogP contribution in [0, 0.1) is 11.3 Å². The molecule has 0 aromatic heterocycles. The number of benzene rings is 3. The maximum Gasteiger partial charge on any atom is 0.416 e. The molecule has 3 aromatic rings. The molecule has 4 rings (SSSR count). The first-order valence-corrected chi connectivity index (χ1v) is 11.6. The molecule has 2 atom stereocenters. The molecule has 1 fully saturated rings. The van der Waals surface area contributed by atoms with Gasteiger partial charge in [-0.2, -0.15) is 18.4 Å². The van der Waals surface area contributed by atoms with E-state index in [1.165, 1.54) is 19.2 Å². The monoisotopic (exact) mass is 507 g/mol. The summed E-state index contributed by atoms with van der Waals surface area (Å²) in [5.74, 6) is -0.869. The highest BCUT2D eigenvalue weighted by Gasteiger charge is 2.32. The molecule has 1 aliphatic rings. The number of amides is 1. The van der Waals surface area contributed by atoms with E-state index in [4.69, 9.17) is 10.00 Å². The van der Waals surface area contributed by atoms with Crippen molar-refractivity contribution in [2.24, 2.45) is 0 Å². The van der Waals surface area contributed by atoms with Crippen molar-refractivity contribution in [1.29, 1.82) is 5.26 Å². The van der Waals surface area contributed by atoms with Crippen molar-refractivity contribution >= 4 is 11.9 Å². The molecule has 9 heteroatoms. The average Bonchev–Trinajstić information content (AvgIpc) is 3.36. The molecule has 1 saturated heterocycles. The summed E-state index contributed by atoms with van der Waals surface area (Å²) in [4.78, 5) is 26.7. The number of likely N-dealkylation sites (tertiary alicyclic amines) is 1. The van der Waals surface area contributed by atoms with Crippen molar-refractivity contribution in [3.63, 3.8) is 0 Å². The van der Waals surface area contributed by atoms with Gasteiger partial charge in [-0.3, -0.25) is 9.69 Å². The lowest BCUT2D eigenvalue weighted by Crippen LogP contribution is -2.38. The fourth-order valence-electron chi connectivity index (χ4n) is 4.49. The lowest BCUT2D eigenvalue weighted by molar-refractivity contribution is -0.137. The molecule has 0 spiro atoms. The number of nitriles is 1. The van der Waals surface area contributed by atoms with Crippen molar-refractivity contribution in [3.05, 3.63) is 106 Å². The predicted molar refractivity (Wildman–Crippen MR) is 130 cm³/mol. The Kier molecular flexibility index (Phi) is 7.60. The number of esters is 1. The van der Waals surface area contributed by atoms with E-state index in [0.717, 1.165) is 23.3 Å². The SMILES string of the molecule is COC(=O)c1ccc(C(c2ccc(C#N)cc2)N2CCC(NC(=O)c3ccc(C(F)(F)F)cc3)C2)cc1. The minimum absolute atomic E-state index is 0.161. The normalized spacial score (nSPS) is 16.6. The summed E-state index contributed by atoms with van der Waals surface area (Å²) >= 11 is 0. The van der Waals surface area contributed by atoms with Gasteiger partial charge >= 0.3 is 12.1 Å². The van der Waals surface area contributed by atoms with E-state index in [0.29, 0.717) is 30.6 Å². The van der Waals surface area contributed by atoms with Crippen LogP contribution in [0.2, 0.25) is 0 Å². The standard InChI is InChI=1S/C28H24F3N3O3/c1-37-27(36)22-8-6-20(7-9-22)25(19-4-2-18(16-32)3-5-19)34-15-14-24(17-34)33-26(35)21-10-12-23(13-11-21)28(29,30)31/h2-13,24-25H,14-15,17H2,1H3,(H,33,35). The van der Waals surface area contributed by atoms with Crippen LogP contribution >= 0.6 is 0 Å². The van der Waals surface area contributed by atoms with Crippen molar-refractivity contribution in [2.45, 2.75) is 24.7 Å². The number of halogens is 3. The van der Waals surface area contributed by atoms with Gasteiger partial charge in [0.25, 0.3) is 5.91 Å². The van der Waals surface area contributed by atoms with Gasteiger partial charge < -0.3 is 10.1 Å². The Morgan fingerprint density at radius 2 is 1.54 bits per heavy atom. The van der Waals surface area contributed by atoms with E-state index < -0.39 is 23.6 Å². The van der Waals surface area contributed by atoms with Crippen LogP contribution in [-0.4, -0.2) is 43.0 Å². The third kappa shape index (κ3) is 5.98. The van der Waals surface area contributed by atoms with E-state index in [1.807, 2.05) is 24.3 Å². The summed E-state index contributed by atoms with van der Waals surface area (Å²) in [6.45, 7) is 1.16. The summed E-state index contributed by atoms with van der Waals surface area (Å²) in [6.07, 6.45) is -3.81. The van der Waals surface area contributed by atoms with Crippen molar-refractivity contribution in [2.75, 3.05) is 20.2 Å². The van der Waals surface area contributed by atoms with E-state index in [-0.39, 0.29) is 17.6 Å². The van der Waals surface area contributed by atoms with Crippen LogP contribution < -0.4 is 5.32 Å². The molecule has 1 heterocycles. The Bertz CT molecular complexity index is 1300.